The molecule has 0 unspecified atom stereocenters. The van der Waals surface area contributed by atoms with E-state index >= 15 is 0 Å². The lowest BCUT2D eigenvalue weighted by atomic mass is 10.3. The minimum atomic E-state index is 0.659. The second kappa shape index (κ2) is 5.76. The van der Waals surface area contributed by atoms with E-state index in [0.717, 1.165) is 33.4 Å². The standard InChI is InChI=1S/C12H14N6S2/c1-3-7-5-8-9(19-7)16-11(13-4-2)17-10(8)20-12-14-6-15-18-12/h5-6H,3-4H2,1-2H3,(H,13,16,17)(H,14,15,18). The molecule has 0 spiro atoms. The molecule has 3 rings (SSSR count). The first-order chi connectivity index (χ1) is 9.80. The van der Waals surface area contributed by atoms with E-state index in [1.54, 1.807) is 11.3 Å². The van der Waals surface area contributed by atoms with Crippen LogP contribution in [0.1, 0.15) is 18.7 Å². The van der Waals surface area contributed by atoms with E-state index in [2.05, 4.69) is 43.5 Å². The zero-order chi connectivity index (χ0) is 13.9. The average Bonchev–Trinajstić information content (AvgIpc) is 3.07. The van der Waals surface area contributed by atoms with Gasteiger partial charge in [-0.05, 0) is 31.2 Å². The summed E-state index contributed by atoms with van der Waals surface area (Å²) < 4.78 is 0. The van der Waals surface area contributed by atoms with Crippen molar-refractivity contribution in [3.8, 4) is 0 Å². The van der Waals surface area contributed by atoms with Crippen molar-refractivity contribution in [2.24, 2.45) is 0 Å². The number of hydrogen-bond donors (Lipinski definition) is 2. The molecule has 0 atom stereocenters. The summed E-state index contributed by atoms with van der Waals surface area (Å²) in [5.41, 5.74) is 0. The fourth-order valence-corrected chi connectivity index (χ4v) is 3.58. The van der Waals surface area contributed by atoms with Gasteiger partial charge in [0.1, 0.15) is 16.2 Å². The first-order valence-corrected chi connectivity index (χ1v) is 8.01. The zero-order valence-corrected chi connectivity index (χ0v) is 12.8. The minimum absolute atomic E-state index is 0.659. The summed E-state index contributed by atoms with van der Waals surface area (Å²) >= 11 is 3.19. The maximum Gasteiger partial charge on any atom is 0.225 e. The van der Waals surface area contributed by atoms with Crippen LogP contribution in [0.4, 0.5) is 5.95 Å². The Kier molecular flexibility index (Phi) is 3.83. The van der Waals surface area contributed by atoms with Gasteiger partial charge in [-0.2, -0.15) is 5.10 Å². The van der Waals surface area contributed by atoms with E-state index in [4.69, 9.17) is 0 Å². The first-order valence-electron chi connectivity index (χ1n) is 6.37. The van der Waals surface area contributed by atoms with E-state index in [9.17, 15) is 0 Å². The molecule has 0 aliphatic rings. The molecule has 0 aromatic carbocycles. The van der Waals surface area contributed by atoms with Gasteiger partial charge in [-0.15, -0.1) is 11.3 Å². The van der Waals surface area contributed by atoms with Crippen LogP contribution >= 0.6 is 23.1 Å². The lowest BCUT2D eigenvalue weighted by Gasteiger charge is -2.04. The van der Waals surface area contributed by atoms with Gasteiger partial charge in [0.25, 0.3) is 0 Å². The lowest BCUT2D eigenvalue weighted by Crippen LogP contribution is -2.02. The van der Waals surface area contributed by atoms with Crippen LogP contribution < -0.4 is 5.32 Å². The lowest BCUT2D eigenvalue weighted by molar-refractivity contribution is 0.967. The molecule has 0 saturated heterocycles. The largest absolute Gasteiger partial charge is 0.354 e. The van der Waals surface area contributed by atoms with Crippen LogP contribution in [0, 0.1) is 0 Å². The summed E-state index contributed by atoms with van der Waals surface area (Å²) in [6, 6.07) is 2.16. The molecule has 0 fully saturated rings. The third kappa shape index (κ3) is 2.61. The Balaban J connectivity index is 2.08. The van der Waals surface area contributed by atoms with Gasteiger partial charge in [-0.25, -0.2) is 15.0 Å². The first kappa shape index (κ1) is 13.3. The number of fused-ring (bicyclic) bond motifs is 1. The highest BCUT2D eigenvalue weighted by molar-refractivity contribution is 7.99. The maximum atomic E-state index is 4.57. The van der Waals surface area contributed by atoms with E-state index in [1.165, 1.54) is 23.0 Å². The molecule has 6 nitrogen and oxygen atoms in total. The number of aryl methyl sites for hydroxylation is 1. The Labute approximate surface area is 124 Å². The highest BCUT2D eigenvalue weighted by Crippen LogP contribution is 2.34. The maximum absolute atomic E-state index is 4.57. The van der Waals surface area contributed by atoms with Crippen LogP contribution in [0.5, 0.6) is 0 Å². The number of nitrogens with one attached hydrogen (secondary N) is 2. The summed E-state index contributed by atoms with van der Waals surface area (Å²) in [6.07, 6.45) is 2.50. The van der Waals surface area contributed by atoms with Crippen LogP contribution in [0.3, 0.4) is 0 Å². The molecule has 3 heterocycles. The number of nitrogens with zero attached hydrogens (tertiary/aromatic N) is 4. The number of anilines is 1. The topological polar surface area (TPSA) is 79.4 Å². The van der Waals surface area contributed by atoms with Gasteiger partial charge in [0, 0.05) is 16.8 Å². The van der Waals surface area contributed by atoms with Crippen LogP contribution in [0.25, 0.3) is 10.2 Å². The summed E-state index contributed by atoms with van der Waals surface area (Å²) in [5.74, 6) is 0.659. The second-order valence-corrected chi connectivity index (χ2v) is 6.15. The molecule has 20 heavy (non-hydrogen) atoms. The monoisotopic (exact) mass is 306 g/mol. The van der Waals surface area contributed by atoms with E-state index in [-0.39, 0.29) is 0 Å². The smallest absolute Gasteiger partial charge is 0.225 e. The molecule has 0 saturated carbocycles. The van der Waals surface area contributed by atoms with Crippen molar-refractivity contribution in [2.45, 2.75) is 30.5 Å². The Morgan fingerprint density at radius 1 is 1.35 bits per heavy atom. The second-order valence-electron chi connectivity index (χ2n) is 4.06. The van der Waals surface area contributed by atoms with E-state index in [0.29, 0.717) is 5.95 Å². The number of H-pyrrole nitrogens is 1. The third-order valence-electron chi connectivity index (χ3n) is 2.68. The molecular formula is C12H14N6S2. The Morgan fingerprint density at radius 2 is 2.25 bits per heavy atom. The van der Waals surface area contributed by atoms with Crippen molar-refractivity contribution >= 4 is 39.3 Å². The number of hydrogen-bond acceptors (Lipinski definition) is 7. The van der Waals surface area contributed by atoms with Gasteiger partial charge in [-0.1, -0.05) is 6.92 Å². The molecule has 3 aromatic heterocycles. The van der Waals surface area contributed by atoms with Crippen LogP contribution in [-0.2, 0) is 6.42 Å². The fraction of sp³-hybridized carbons (Fsp3) is 0.333. The van der Waals surface area contributed by atoms with Gasteiger partial charge >= 0.3 is 0 Å². The van der Waals surface area contributed by atoms with Crippen molar-refractivity contribution in [1.82, 2.24) is 25.1 Å². The molecule has 0 radical (unpaired) electrons. The normalized spacial score (nSPS) is 11.1. The van der Waals surface area contributed by atoms with E-state index in [1.807, 2.05) is 6.92 Å². The fourth-order valence-electron chi connectivity index (χ4n) is 1.77. The number of thiophene rings is 1. The molecule has 0 aliphatic heterocycles. The SMILES string of the molecule is CCNc1nc(Sc2ncn[nH]2)c2cc(CC)sc2n1. The van der Waals surface area contributed by atoms with Crippen molar-refractivity contribution in [3.05, 3.63) is 17.3 Å². The van der Waals surface area contributed by atoms with Crippen molar-refractivity contribution in [1.29, 1.82) is 0 Å². The molecular weight excluding hydrogens is 292 g/mol. The number of aromatic amines is 1. The zero-order valence-electron chi connectivity index (χ0n) is 11.2. The molecule has 0 bridgehead atoms. The van der Waals surface area contributed by atoms with Crippen LogP contribution in [0.2, 0.25) is 0 Å². The van der Waals surface area contributed by atoms with Crippen molar-refractivity contribution < 1.29 is 0 Å². The summed E-state index contributed by atoms with van der Waals surface area (Å²) in [4.78, 5) is 15.6. The summed E-state index contributed by atoms with van der Waals surface area (Å²) in [7, 11) is 0. The Morgan fingerprint density at radius 3 is 2.95 bits per heavy atom. The predicted octanol–water partition coefficient (Wildman–Crippen LogP) is 2.95. The quantitative estimate of drug-likeness (QED) is 0.706. The minimum Gasteiger partial charge on any atom is -0.354 e. The van der Waals surface area contributed by atoms with Gasteiger partial charge in [0.15, 0.2) is 5.16 Å². The Bertz CT molecular complexity index is 706. The van der Waals surface area contributed by atoms with Gasteiger partial charge in [-0.3, -0.25) is 5.10 Å². The average molecular weight is 306 g/mol. The van der Waals surface area contributed by atoms with Gasteiger partial charge in [0.2, 0.25) is 5.95 Å². The number of aromatic nitrogens is 5. The number of rotatable bonds is 5. The van der Waals surface area contributed by atoms with E-state index < -0.39 is 0 Å². The van der Waals surface area contributed by atoms with Crippen LogP contribution in [0.15, 0.2) is 22.6 Å². The molecule has 0 amide bonds. The molecule has 2 N–H and O–H groups in total. The molecule has 0 aliphatic carbocycles. The highest BCUT2D eigenvalue weighted by atomic mass is 32.2. The Hall–Kier alpha value is -1.67. The third-order valence-corrected chi connectivity index (χ3v) is 4.75. The van der Waals surface area contributed by atoms with Crippen LogP contribution in [-0.4, -0.2) is 31.7 Å². The summed E-state index contributed by atoms with van der Waals surface area (Å²) in [6.45, 7) is 4.97. The van der Waals surface area contributed by atoms with Gasteiger partial charge < -0.3 is 5.32 Å². The molecule has 3 aromatic rings. The molecule has 104 valence electrons. The van der Waals surface area contributed by atoms with Crippen molar-refractivity contribution in [3.63, 3.8) is 0 Å². The van der Waals surface area contributed by atoms with Gasteiger partial charge in [0.05, 0.1) is 0 Å². The molecule has 8 heteroatoms. The summed E-state index contributed by atoms with van der Waals surface area (Å²) in [5, 5.41) is 12.6. The predicted molar refractivity (Wildman–Crippen MR) is 81.5 cm³/mol. The highest BCUT2D eigenvalue weighted by Gasteiger charge is 2.13. The van der Waals surface area contributed by atoms with Crippen molar-refractivity contribution in [2.75, 3.05) is 11.9 Å².